The number of para-hydroxylation sites is 1. The van der Waals surface area contributed by atoms with E-state index in [4.69, 9.17) is 32.5 Å². The van der Waals surface area contributed by atoms with Crippen molar-refractivity contribution in [1.29, 1.82) is 0 Å². The lowest BCUT2D eigenvalue weighted by atomic mass is 10.1. The minimum atomic E-state index is 0.00763. The number of halogens is 1. The van der Waals surface area contributed by atoms with E-state index in [0.717, 1.165) is 24.0 Å². The number of anilines is 1. The van der Waals surface area contributed by atoms with Gasteiger partial charge in [-0.1, -0.05) is 23.7 Å². The van der Waals surface area contributed by atoms with Crippen molar-refractivity contribution >= 4 is 23.2 Å². The maximum absolute atomic E-state index is 6.37. The van der Waals surface area contributed by atoms with E-state index in [1.807, 2.05) is 18.2 Å². The van der Waals surface area contributed by atoms with Gasteiger partial charge in [0.05, 0.1) is 24.4 Å². The third kappa shape index (κ3) is 4.65. The highest BCUT2D eigenvalue weighted by Crippen LogP contribution is 2.31. The van der Waals surface area contributed by atoms with Crippen LogP contribution >= 0.6 is 11.6 Å². The summed E-state index contributed by atoms with van der Waals surface area (Å²) in [6.07, 6.45) is 5.36. The van der Waals surface area contributed by atoms with Crippen molar-refractivity contribution in [2.45, 2.75) is 25.3 Å². The molecule has 144 valence electrons. The van der Waals surface area contributed by atoms with Gasteiger partial charge in [0.15, 0.2) is 5.65 Å². The summed E-state index contributed by atoms with van der Waals surface area (Å²) in [5, 5.41) is 4.81. The number of rotatable bonds is 9. The number of aromatic nitrogens is 4. The zero-order chi connectivity index (χ0) is 19.2. The molecule has 0 amide bonds. The summed E-state index contributed by atoms with van der Waals surface area (Å²) in [5.41, 5.74) is 14.3. The van der Waals surface area contributed by atoms with E-state index in [1.165, 1.54) is 10.8 Å². The largest absolute Gasteiger partial charge is 0.492 e. The third-order valence-electron chi connectivity index (χ3n) is 4.18. The fourth-order valence-corrected chi connectivity index (χ4v) is 3.13. The summed E-state index contributed by atoms with van der Waals surface area (Å²) in [7, 11) is 1.64. The molecule has 0 saturated carbocycles. The fraction of sp³-hybridized carbons (Fsp3) is 0.389. The van der Waals surface area contributed by atoms with E-state index >= 15 is 0 Å². The number of benzene rings is 1. The molecule has 0 bridgehead atoms. The van der Waals surface area contributed by atoms with Crippen LogP contribution in [-0.2, 0) is 11.2 Å². The van der Waals surface area contributed by atoms with Gasteiger partial charge in [-0.2, -0.15) is 9.61 Å². The first-order valence-electron chi connectivity index (χ1n) is 8.68. The predicted octanol–water partition coefficient (Wildman–Crippen LogP) is 2.08. The topological polar surface area (TPSA) is 114 Å². The Morgan fingerprint density at radius 3 is 2.93 bits per heavy atom. The molecular weight excluding hydrogens is 368 g/mol. The quantitative estimate of drug-likeness (QED) is 0.537. The lowest BCUT2D eigenvalue weighted by Gasteiger charge is -2.14. The van der Waals surface area contributed by atoms with Crippen molar-refractivity contribution in [2.75, 3.05) is 26.1 Å². The Morgan fingerprint density at radius 1 is 1.26 bits per heavy atom. The number of hydrogen-bond acceptors (Lipinski definition) is 7. The van der Waals surface area contributed by atoms with Gasteiger partial charge in [-0.15, -0.1) is 0 Å². The second-order valence-corrected chi connectivity index (χ2v) is 6.66. The number of fused-ring (bicyclic) bond motifs is 1. The van der Waals surface area contributed by atoms with E-state index in [-0.39, 0.29) is 6.04 Å². The van der Waals surface area contributed by atoms with Crippen molar-refractivity contribution in [2.24, 2.45) is 5.73 Å². The Bertz CT molecular complexity index is 901. The van der Waals surface area contributed by atoms with Crippen LogP contribution in [0.25, 0.3) is 5.65 Å². The molecule has 0 aliphatic heterocycles. The van der Waals surface area contributed by atoms with Gasteiger partial charge in [0, 0.05) is 30.7 Å². The molecule has 0 aliphatic carbocycles. The van der Waals surface area contributed by atoms with Gasteiger partial charge in [-0.25, -0.2) is 9.97 Å². The number of nitrogens with two attached hydrogens (primary N) is 2. The van der Waals surface area contributed by atoms with Gasteiger partial charge < -0.3 is 20.9 Å². The molecule has 9 heteroatoms. The fourth-order valence-electron chi connectivity index (χ4n) is 2.88. The SMILES string of the molecule is COC[C@H](N)CCCOc1c(Cl)cccc1Cc1cnn2c(N)ncnc12. The van der Waals surface area contributed by atoms with Gasteiger partial charge in [-0.05, 0) is 18.9 Å². The maximum Gasteiger partial charge on any atom is 0.224 e. The van der Waals surface area contributed by atoms with Gasteiger partial charge >= 0.3 is 0 Å². The smallest absolute Gasteiger partial charge is 0.224 e. The van der Waals surface area contributed by atoms with Crippen LogP contribution in [0.3, 0.4) is 0 Å². The van der Waals surface area contributed by atoms with E-state index in [2.05, 4.69) is 15.1 Å². The van der Waals surface area contributed by atoms with E-state index in [0.29, 0.717) is 42.0 Å². The minimum Gasteiger partial charge on any atom is -0.492 e. The summed E-state index contributed by atoms with van der Waals surface area (Å²) in [5.74, 6) is 0.960. The lowest BCUT2D eigenvalue weighted by Crippen LogP contribution is -2.25. The van der Waals surface area contributed by atoms with Crippen LogP contribution in [0.15, 0.2) is 30.7 Å². The minimum absolute atomic E-state index is 0.00763. The Kier molecular flexibility index (Phi) is 6.44. The van der Waals surface area contributed by atoms with Crippen LogP contribution < -0.4 is 16.2 Å². The maximum atomic E-state index is 6.37. The molecule has 8 nitrogen and oxygen atoms in total. The Balaban J connectivity index is 1.72. The Labute approximate surface area is 162 Å². The number of ether oxygens (including phenoxy) is 2. The second-order valence-electron chi connectivity index (χ2n) is 6.25. The third-order valence-corrected chi connectivity index (χ3v) is 4.48. The van der Waals surface area contributed by atoms with Crippen LogP contribution in [-0.4, -0.2) is 45.9 Å². The van der Waals surface area contributed by atoms with Crippen molar-refractivity contribution in [3.63, 3.8) is 0 Å². The normalized spacial score (nSPS) is 12.4. The highest BCUT2D eigenvalue weighted by molar-refractivity contribution is 6.32. The van der Waals surface area contributed by atoms with Crippen molar-refractivity contribution in [3.05, 3.63) is 46.9 Å². The number of hydrogen-bond donors (Lipinski definition) is 2. The van der Waals surface area contributed by atoms with E-state index < -0.39 is 0 Å². The predicted molar refractivity (Wildman–Crippen MR) is 104 cm³/mol. The Morgan fingerprint density at radius 2 is 2.11 bits per heavy atom. The molecule has 1 atom stereocenters. The van der Waals surface area contributed by atoms with Gasteiger partial charge in [0.1, 0.15) is 12.1 Å². The van der Waals surface area contributed by atoms with Crippen molar-refractivity contribution < 1.29 is 9.47 Å². The standard InChI is InChI=1S/C18H23ClN6O2/c1-26-10-14(20)5-3-7-27-16-12(4-2-6-15(16)19)8-13-9-24-25-17(13)22-11-23-18(25)21/h2,4,6,9,11,14H,3,5,7-8,10,20H2,1H3,(H2,21,22,23)/t14-/m1/s1. The van der Waals surface area contributed by atoms with E-state index in [9.17, 15) is 0 Å². The summed E-state index contributed by atoms with van der Waals surface area (Å²) < 4.78 is 12.5. The van der Waals surface area contributed by atoms with E-state index in [1.54, 1.807) is 13.3 Å². The molecule has 0 spiro atoms. The molecule has 0 aliphatic rings. The molecule has 4 N–H and O–H groups in total. The van der Waals surface area contributed by atoms with Gasteiger partial charge in [0.2, 0.25) is 5.95 Å². The monoisotopic (exact) mass is 390 g/mol. The molecule has 1 aromatic carbocycles. The average molecular weight is 391 g/mol. The molecule has 3 rings (SSSR count). The molecule has 0 unspecified atom stereocenters. The van der Waals surface area contributed by atoms with Gasteiger partial charge in [0.25, 0.3) is 0 Å². The molecular formula is C18H23ClN6O2. The molecule has 2 heterocycles. The summed E-state index contributed by atoms with van der Waals surface area (Å²) in [6, 6.07) is 5.70. The molecule has 0 radical (unpaired) electrons. The first-order valence-corrected chi connectivity index (χ1v) is 9.05. The molecule has 3 aromatic rings. The zero-order valence-corrected chi connectivity index (χ0v) is 15.9. The lowest BCUT2D eigenvalue weighted by molar-refractivity contribution is 0.172. The number of nitrogen functional groups attached to an aromatic ring is 1. The summed E-state index contributed by atoms with van der Waals surface area (Å²) >= 11 is 6.37. The first-order chi connectivity index (χ1) is 13.1. The Hall–Kier alpha value is -2.42. The highest BCUT2D eigenvalue weighted by Gasteiger charge is 2.14. The second kappa shape index (κ2) is 8.98. The average Bonchev–Trinajstić information content (AvgIpc) is 3.05. The van der Waals surface area contributed by atoms with Crippen LogP contribution in [0.2, 0.25) is 5.02 Å². The zero-order valence-electron chi connectivity index (χ0n) is 15.1. The van der Waals surface area contributed by atoms with Crippen LogP contribution in [0.4, 0.5) is 5.95 Å². The van der Waals surface area contributed by atoms with Crippen molar-refractivity contribution in [1.82, 2.24) is 19.6 Å². The summed E-state index contributed by atoms with van der Waals surface area (Å²) in [4.78, 5) is 8.21. The molecule has 0 saturated heterocycles. The number of nitrogens with zero attached hydrogens (tertiary/aromatic N) is 4. The molecule has 2 aromatic heterocycles. The number of methoxy groups -OCH3 is 1. The molecule has 27 heavy (non-hydrogen) atoms. The molecule has 0 fully saturated rings. The summed E-state index contributed by atoms with van der Waals surface area (Å²) in [6.45, 7) is 1.06. The van der Waals surface area contributed by atoms with Crippen LogP contribution in [0, 0.1) is 0 Å². The van der Waals surface area contributed by atoms with Crippen LogP contribution in [0.1, 0.15) is 24.0 Å². The van der Waals surface area contributed by atoms with Crippen LogP contribution in [0.5, 0.6) is 5.75 Å². The first kappa shape index (κ1) is 19.3. The highest BCUT2D eigenvalue weighted by atomic mass is 35.5. The van der Waals surface area contributed by atoms with Gasteiger partial charge in [-0.3, -0.25) is 0 Å². The van der Waals surface area contributed by atoms with Crippen molar-refractivity contribution in [3.8, 4) is 5.75 Å².